The number of nitrogens with zero attached hydrogens (tertiary/aromatic N) is 1. The summed E-state index contributed by atoms with van der Waals surface area (Å²) in [6, 6.07) is 1.49. The number of nitro groups is 1. The molecule has 1 aromatic carbocycles. The van der Waals surface area contributed by atoms with E-state index in [2.05, 4.69) is 15.3 Å². The van der Waals surface area contributed by atoms with Crippen LogP contribution in [0.3, 0.4) is 0 Å². The average molecular weight is 336 g/mol. The van der Waals surface area contributed by atoms with Crippen LogP contribution in [0.5, 0.6) is 0 Å². The maximum atomic E-state index is 11.5. The molecule has 24 heavy (non-hydrogen) atoms. The standard InChI is InChI=1S/C14H16N4O6/c1-6(2)10(14(21)22)15-5-7-3-8(18(23)24)4-9-11(7)17-13(20)12(19)16-9/h3-4,6,10,15H,5H2,1-2H3,(H,16,19)(H,17,20)(H,21,22)/t10-/m0/s1. The molecule has 0 bridgehead atoms. The number of carboxylic acids is 1. The van der Waals surface area contributed by atoms with Crippen molar-refractivity contribution >= 4 is 22.7 Å². The maximum Gasteiger partial charge on any atom is 0.320 e. The first kappa shape index (κ1) is 17.3. The zero-order chi connectivity index (χ0) is 18.0. The van der Waals surface area contributed by atoms with E-state index in [9.17, 15) is 29.6 Å². The van der Waals surface area contributed by atoms with Gasteiger partial charge in [-0.2, -0.15) is 0 Å². The van der Waals surface area contributed by atoms with Gasteiger partial charge in [-0.25, -0.2) is 0 Å². The van der Waals surface area contributed by atoms with Gasteiger partial charge in [0, 0.05) is 18.7 Å². The molecule has 0 saturated carbocycles. The SMILES string of the molecule is CC(C)[C@H](NCc1cc([N+](=O)[O-])cc2[nH]c(=O)c(=O)[nH]c12)C(=O)O. The zero-order valence-corrected chi connectivity index (χ0v) is 13.0. The van der Waals surface area contributed by atoms with Gasteiger partial charge in [0.2, 0.25) is 0 Å². The highest BCUT2D eigenvalue weighted by Gasteiger charge is 2.22. The monoisotopic (exact) mass is 336 g/mol. The molecule has 0 aliphatic carbocycles. The number of carboxylic acid groups (broad SMARTS) is 1. The largest absolute Gasteiger partial charge is 0.480 e. The minimum Gasteiger partial charge on any atom is -0.480 e. The van der Waals surface area contributed by atoms with Crippen molar-refractivity contribution in [3.8, 4) is 0 Å². The van der Waals surface area contributed by atoms with Crippen molar-refractivity contribution in [2.24, 2.45) is 5.92 Å². The lowest BCUT2D eigenvalue weighted by Crippen LogP contribution is -2.40. The van der Waals surface area contributed by atoms with Crippen LogP contribution >= 0.6 is 0 Å². The predicted molar refractivity (Wildman–Crippen MR) is 84.9 cm³/mol. The van der Waals surface area contributed by atoms with Crippen molar-refractivity contribution in [2.45, 2.75) is 26.4 Å². The van der Waals surface area contributed by atoms with E-state index >= 15 is 0 Å². The number of nitro benzene ring substituents is 1. The van der Waals surface area contributed by atoms with Gasteiger partial charge in [-0.05, 0) is 11.5 Å². The molecule has 128 valence electrons. The Labute approximate surface area is 134 Å². The lowest BCUT2D eigenvalue weighted by molar-refractivity contribution is -0.384. The number of rotatable bonds is 6. The lowest BCUT2D eigenvalue weighted by atomic mass is 10.0. The fraction of sp³-hybridized carbons (Fsp3) is 0.357. The summed E-state index contributed by atoms with van der Waals surface area (Å²) in [5, 5.41) is 23.0. The maximum absolute atomic E-state index is 11.5. The summed E-state index contributed by atoms with van der Waals surface area (Å²) in [4.78, 5) is 49.2. The fourth-order valence-corrected chi connectivity index (χ4v) is 2.35. The van der Waals surface area contributed by atoms with Crippen LogP contribution < -0.4 is 16.4 Å². The second kappa shape index (κ2) is 6.62. The second-order valence-corrected chi connectivity index (χ2v) is 5.63. The summed E-state index contributed by atoms with van der Waals surface area (Å²) in [5.41, 5.74) is -1.48. The minimum atomic E-state index is -1.05. The molecule has 10 heteroatoms. The van der Waals surface area contributed by atoms with Crippen LogP contribution in [-0.2, 0) is 11.3 Å². The molecule has 0 radical (unpaired) electrons. The minimum absolute atomic E-state index is 0.0324. The third-order valence-electron chi connectivity index (χ3n) is 3.55. The number of benzene rings is 1. The van der Waals surface area contributed by atoms with Crippen molar-refractivity contribution in [1.82, 2.24) is 15.3 Å². The van der Waals surface area contributed by atoms with Gasteiger partial charge in [0.05, 0.1) is 16.0 Å². The van der Waals surface area contributed by atoms with E-state index < -0.39 is 28.1 Å². The Balaban J connectivity index is 2.53. The number of hydrogen-bond acceptors (Lipinski definition) is 6. The molecule has 0 unspecified atom stereocenters. The molecule has 0 fully saturated rings. The highest BCUT2D eigenvalue weighted by Crippen LogP contribution is 2.21. The first-order valence-electron chi connectivity index (χ1n) is 7.10. The van der Waals surface area contributed by atoms with Gasteiger partial charge >= 0.3 is 17.1 Å². The average Bonchev–Trinajstić information content (AvgIpc) is 2.47. The smallest absolute Gasteiger partial charge is 0.320 e. The number of non-ortho nitro benzene ring substituents is 1. The number of aromatic amines is 2. The van der Waals surface area contributed by atoms with Crippen LogP contribution in [0.2, 0.25) is 0 Å². The fourth-order valence-electron chi connectivity index (χ4n) is 2.35. The summed E-state index contributed by atoms with van der Waals surface area (Å²) in [6.45, 7) is 3.41. The molecular weight excluding hydrogens is 320 g/mol. The van der Waals surface area contributed by atoms with E-state index in [1.54, 1.807) is 13.8 Å². The van der Waals surface area contributed by atoms with E-state index in [0.29, 0.717) is 5.56 Å². The summed E-state index contributed by atoms with van der Waals surface area (Å²) in [7, 11) is 0. The lowest BCUT2D eigenvalue weighted by Gasteiger charge is -2.18. The zero-order valence-electron chi connectivity index (χ0n) is 13.0. The molecule has 1 heterocycles. The topological polar surface area (TPSA) is 158 Å². The van der Waals surface area contributed by atoms with E-state index in [0.717, 1.165) is 6.07 Å². The molecule has 0 spiro atoms. The summed E-state index contributed by atoms with van der Waals surface area (Å²) >= 11 is 0. The van der Waals surface area contributed by atoms with Gasteiger partial charge in [-0.3, -0.25) is 29.8 Å². The van der Waals surface area contributed by atoms with Gasteiger partial charge in [-0.15, -0.1) is 0 Å². The van der Waals surface area contributed by atoms with Crippen molar-refractivity contribution in [3.05, 3.63) is 48.5 Å². The molecule has 0 aliphatic rings. The van der Waals surface area contributed by atoms with Gasteiger partial charge in [-0.1, -0.05) is 13.8 Å². The Morgan fingerprint density at radius 3 is 2.46 bits per heavy atom. The van der Waals surface area contributed by atoms with E-state index in [1.165, 1.54) is 6.07 Å². The van der Waals surface area contributed by atoms with Gasteiger partial charge in [0.15, 0.2) is 0 Å². The van der Waals surface area contributed by atoms with Crippen molar-refractivity contribution < 1.29 is 14.8 Å². The normalized spacial score (nSPS) is 12.5. The Morgan fingerprint density at radius 2 is 1.92 bits per heavy atom. The Hall–Kier alpha value is -3.01. The molecule has 4 N–H and O–H groups in total. The van der Waals surface area contributed by atoms with Gasteiger partial charge in [0.1, 0.15) is 6.04 Å². The Kier molecular flexibility index (Phi) is 4.79. The number of hydrogen-bond donors (Lipinski definition) is 4. The number of aliphatic carboxylic acids is 1. The quantitative estimate of drug-likeness (QED) is 0.336. The predicted octanol–water partition coefficient (Wildman–Crippen LogP) is 0.323. The molecule has 2 rings (SSSR count). The molecule has 10 nitrogen and oxygen atoms in total. The van der Waals surface area contributed by atoms with Gasteiger partial charge < -0.3 is 15.1 Å². The van der Waals surface area contributed by atoms with Crippen LogP contribution in [0, 0.1) is 16.0 Å². The van der Waals surface area contributed by atoms with Crippen molar-refractivity contribution in [2.75, 3.05) is 0 Å². The van der Waals surface area contributed by atoms with E-state index in [-0.39, 0.29) is 29.2 Å². The highest BCUT2D eigenvalue weighted by molar-refractivity contribution is 5.80. The highest BCUT2D eigenvalue weighted by atomic mass is 16.6. The molecule has 0 amide bonds. The molecule has 1 aromatic heterocycles. The first-order chi connectivity index (χ1) is 11.2. The molecular formula is C14H16N4O6. The third-order valence-corrected chi connectivity index (χ3v) is 3.55. The van der Waals surface area contributed by atoms with Crippen molar-refractivity contribution in [3.63, 3.8) is 0 Å². The van der Waals surface area contributed by atoms with Crippen LogP contribution in [0.15, 0.2) is 21.7 Å². The van der Waals surface area contributed by atoms with Crippen LogP contribution in [0.25, 0.3) is 11.0 Å². The van der Waals surface area contributed by atoms with Crippen LogP contribution in [-0.4, -0.2) is 32.0 Å². The summed E-state index contributed by atoms with van der Waals surface area (Å²) < 4.78 is 0. The molecule has 0 aliphatic heterocycles. The third kappa shape index (κ3) is 3.49. The first-order valence-corrected chi connectivity index (χ1v) is 7.10. The Bertz CT molecular complexity index is 914. The molecule has 1 atom stereocenters. The Morgan fingerprint density at radius 1 is 1.29 bits per heavy atom. The number of fused-ring (bicyclic) bond motifs is 1. The number of carbonyl (C=O) groups is 1. The summed E-state index contributed by atoms with van der Waals surface area (Å²) in [5.74, 6) is -1.27. The summed E-state index contributed by atoms with van der Waals surface area (Å²) in [6.07, 6.45) is 0. The van der Waals surface area contributed by atoms with E-state index in [4.69, 9.17) is 0 Å². The molecule has 2 aromatic rings. The number of aromatic nitrogens is 2. The number of nitrogens with one attached hydrogen (secondary N) is 3. The van der Waals surface area contributed by atoms with Crippen LogP contribution in [0.1, 0.15) is 19.4 Å². The number of H-pyrrole nitrogens is 2. The van der Waals surface area contributed by atoms with Gasteiger partial charge in [0.25, 0.3) is 5.69 Å². The van der Waals surface area contributed by atoms with Crippen molar-refractivity contribution in [1.29, 1.82) is 0 Å². The molecule has 0 saturated heterocycles. The second-order valence-electron chi connectivity index (χ2n) is 5.63. The van der Waals surface area contributed by atoms with Crippen LogP contribution in [0.4, 0.5) is 5.69 Å². The van der Waals surface area contributed by atoms with E-state index in [1.807, 2.05) is 0 Å².